The molecule has 0 bridgehead atoms. The van der Waals surface area contributed by atoms with Gasteiger partial charge in [0.15, 0.2) is 11.6 Å². The molecule has 0 atom stereocenters. The van der Waals surface area contributed by atoms with Gasteiger partial charge < -0.3 is 15.2 Å². The fourth-order valence-corrected chi connectivity index (χ4v) is 1.30. The van der Waals surface area contributed by atoms with E-state index in [1.807, 2.05) is 20.8 Å². The molecule has 0 unspecified atom stereocenters. The first-order chi connectivity index (χ1) is 8.30. The summed E-state index contributed by atoms with van der Waals surface area (Å²) in [6, 6.07) is 2.33. The Labute approximate surface area is 106 Å². The lowest BCUT2D eigenvalue weighted by Gasteiger charge is -2.25. The van der Waals surface area contributed by atoms with Crippen LogP contribution in [0.1, 0.15) is 37.6 Å². The highest BCUT2D eigenvalue weighted by molar-refractivity contribution is 5.95. The molecule has 0 fully saturated rings. The number of rotatable bonds is 4. The van der Waals surface area contributed by atoms with Crippen molar-refractivity contribution in [2.75, 3.05) is 12.8 Å². The summed E-state index contributed by atoms with van der Waals surface area (Å²) in [4.78, 5) is 11.5. The van der Waals surface area contributed by atoms with Crippen LogP contribution < -0.4 is 10.5 Å². The standard InChI is InChI=1S/C13H18FNO3/c1-5-13(2,3)18-11-6-8(12(16)17-4)10(15)7-9(11)14/h6-7H,5,15H2,1-4H3. The highest BCUT2D eigenvalue weighted by atomic mass is 19.1. The minimum atomic E-state index is -0.619. The molecule has 0 aromatic heterocycles. The molecular formula is C13H18FNO3. The van der Waals surface area contributed by atoms with Crippen LogP contribution in [-0.2, 0) is 4.74 Å². The molecule has 1 aromatic rings. The van der Waals surface area contributed by atoms with Crippen LogP contribution in [0.25, 0.3) is 0 Å². The Balaban J connectivity index is 3.17. The van der Waals surface area contributed by atoms with Gasteiger partial charge in [-0.05, 0) is 26.3 Å². The predicted octanol–water partition coefficient (Wildman–Crippen LogP) is 2.76. The van der Waals surface area contributed by atoms with E-state index in [1.165, 1.54) is 13.2 Å². The minimum Gasteiger partial charge on any atom is -0.485 e. The van der Waals surface area contributed by atoms with Gasteiger partial charge in [0.25, 0.3) is 0 Å². The Hall–Kier alpha value is -1.78. The topological polar surface area (TPSA) is 61.5 Å². The van der Waals surface area contributed by atoms with Crippen molar-refractivity contribution in [3.8, 4) is 5.75 Å². The monoisotopic (exact) mass is 255 g/mol. The van der Waals surface area contributed by atoms with Gasteiger partial charge in [-0.2, -0.15) is 0 Å². The average Bonchev–Trinajstić information content (AvgIpc) is 2.31. The molecule has 0 aliphatic carbocycles. The molecule has 1 rings (SSSR count). The number of nitrogens with two attached hydrogens (primary N) is 1. The van der Waals surface area contributed by atoms with Gasteiger partial charge in [-0.25, -0.2) is 9.18 Å². The largest absolute Gasteiger partial charge is 0.485 e. The molecule has 0 radical (unpaired) electrons. The number of esters is 1. The number of ether oxygens (including phenoxy) is 2. The second-order valence-corrected chi connectivity index (χ2v) is 4.58. The van der Waals surface area contributed by atoms with Crippen molar-refractivity contribution in [2.45, 2.75) is 32.8 Å². The van der Waals surface area contributed by atoms with Crippen LogP contribution >= 0.6 is 0 Å². The molecule has 4 nitrogen and oxygen atoms in total. The minimum absolute atomic E-state index is 0.00329. The molecule has 0 heterocycles. The summed E-state index contributed by atoms with van der Waals surface area (Å²) in [6.07, 6.45) is 0.699. The maximum absolute atomic E-state index is 13.7. The highest BCUT2D eigenvalue weighted by Gasteiger charge is 2.22. The van der Waals surface area contributed by atoms with E-state index in [2.05, 4.69) is 4.74 Å². The highest BCUT2D eigenvalue weighted by Crippen LogP contribution is 2.28. The third-order valence-electron chi connectivity index (χ3n) is 2.75. The van der Waals surface area contributed by atoms with Crippen LogP contribution in [0, 0.1) is 5.82 Å². The molecule has 2 N–H and O–H groups in total. The van der Waals surface area contributed by atoms with E-state index in [0.29, 0.717) is 6.42 Å². The Bertz CT molecular complexity index is 458. The fourth-order valence-electron chi connectivity index (χ4n) is 1.30. The molecule has 1 aromatic carbocycles. The van der Waals surface area contributed by atoms with Gasteiger partial charge in [-0.15, -0.1) is 0 Å². The van der Waals surface area contributed by atoms with E-state index in [0.717, 1.165) is 6.07 Å². The van der Waals surface area contributed by atoms with Crippen molar-refractivity contribution in [3.05, 3.63) is 23.5 Å². The second kappa shape index (κ2) is 5.25. The number of carbonyl (C=O) groups excluding carboxylic acids is 1. The normalized spacial score (nSPS) is 11.2. The number of halogens is 1. The van der Waals surface area contributed by atoms with E-state index >= 15 is 0 Å². The maximum atomic E-state index is 13.7. The first kappa shape index (κ1) is 14.3. The smallest absolute Gasteiger partial charge is 0.340 e. The number of nitrogen functional groups attached to an aromatic ring is 1. The van der Waals surface area contributed by atoms with Crippen molar-refractivity contribution in [2.24, 2.45) is 0 Å². The van der Waals surface area contributed by atoms with E-state index in [9.17, 15) is 9.18 Å². The van der Waals surface area contributed by atoms with Crippen molar-refractivity contribution in [3.63, 3.8) is 0 Å². The average molecular weight is 255 g/mol. The predicted molar refractivity (Wildman–Crippen MR) is 67.1 cm³/mol. The SMILES string of the molecule is CCC(C)(C)Oc1cc(C(=O)OC)c(N)cc1F. The number of anilines is 1. The lowest BCUT2D eigenvalue weighted by molar-refractivity contribution is 0.0598. The van der Waals surface area contributed by atoms with Gasteiger partial charge in [0.2, 0.25) is 0 Å². The van der Waals surface area contributed by atoms with Gasteiger partial charge in [-0.3, -0.25) is 0 Å². The van der Waals surface area contributed by atoms with Crippen molar-refractivity contribution in [1.29, 1.82) is 0 Å². The van der Waals surface area contributed by atoms with Gasteiger partial charge in [0.1, 0.15) is 5.60 Å². The molecule has 0 amide bonds. The molecule has 0 saturated carbocycles. The summed E-state index contributed by atoms with van der Waals surface area (Å²) in [6.45, 7) is 5.59. The van der Waals surface area contributed by atoms with Crippen LogP contribution in [0.2, 0.25) is 0 Å². The summed E-state index contributed by atoms with van der Waals surface area (Å²) in [5.41, 5.74) is 5.17. The van der Waals surface area contributed by atoms with Crippen molar-refractivity contribution in [1.82, 2.24) is 0 Å². The van der Waals surface area contributed by atoms with Crippen LogP contribution in [0.4, 0.5) is 10.1 Å². The molecule has 0 aliphatic rings. The summed E-state index contributed by atoms with van der Waals surface area (Å²) in [5.74, 6) is -1.22. The quantitative estimate of drug-likeness (QED) is 0.663. The molecular weight excluding hydrogens is 237 g/mol. The lowest BCUT2D eigenvalue weighted by atomic mass is 10.1. The number of benzene rings is 1. The van der Waals surface area contributed by atoms with E-state index in [4.69, 9.17) is 10.5 Å². The summed E-state index contributed by atoms with van der Waals surface area (Å²) in [5, 5.41) is 0. The third-order valence-corrected chi connectivity index (χ3v) is 2.75. The molecule has 0 saturated heterocycles. The number of hydrogen-bond acceptors (Lipinski definition) is 4. The van der Waals surface area contributed by atoms with Crippen molar-refractivity contribution < 1.29 is 18.7 Å². The Morgan fingerprint density at radius 1 is 1.44 bits per heavy atom. The first-order valence-corrected chi connectivity index (χ1v) is 5.67. The third kappa shape index (κ3) is 3.12. The van der Waals surface area contributed by atoms with Crippen LogP contribution in [0.5, 0.6) is 5.75 Å². The fraction of sp³-hybridized carbons (Fsp3) is 0.462. The first-order valence-electron chi connectivity index (χ1n) is 5.67. The van der Waals surface area contributed by atoms with Gasteiger partial charge in [0, 0.05) is 11.8 Å². The van der Waals surface area contributed by atoms with Gasteiger partial charge in [0.05, 0.1) is 12.7 Å². The molecule has 5 heteroatoms. The van der Waals surface area contributed by atoms with Crippen LogP contribution in [0.3, 0.4) is 0 Å². The van der Waals surface area contributed by atoms with Gasteiger partial charge >= 0.3 is 5.97 Å². The Morgan fingerprint density at radius 3 is 2.56 bits per heavy atom. The zero-order valence-electron chi connectivity index (χ0n) is 11.0. The van der Waals surface area contributed by atoms with Crippen LogP contribution in [-0.4, -0.2) is 18.7 Å². The summed E-state index contributed by atoms with van der Waals surface area (Å²) < 4.78 is 23.8. The number of hydrogen-bond donors (Lipinski definition) is 1. The molecule has 18 heavy (non-hydrogen) atoms. The van der Waals surface area contributed by atoms with E-state index < -0.39 is 17.4 Å². The molecule has 0 aliphatic heterocycles. The summed E-state index contributed by atoms with van der Waals surface area (Å²) >= 11 is 0. The lowest BCUT2D eigenvalue weighted by Crippen LogP contribution is -2.27. The summed E-state index contributed by atoms with van der Waals surface area (Å²) in [7, 11) is 1.24. The zero-order valence-corrected chi connectivity index (χ0v) is 11.0. The Morgan fingerprint density at radius 2 is 2.06 bits per heavy atom. The Kier molecular flexibility index (Phi) is 4.16. The number of methoxy groups -OCH3 is 1. The zero-order chi connectivity index (χ0) is 13.9. The maximum Gasteiger partial charge on any atom is 0.340 e. The van der Waals surface area contributed by atoms with E-state index in [1.54, 1.807) is 0 Å². The van der Waals surface area contributed by atoms with Crippen molar-refractivity contribution >= 4 is 11.7 Å². The molecule has 0 spiro atoms. The molecule has 100 valence electrons. The van der Waals surface area contributed by atoms with E-state index in [-0.39, 0.29) is 17.0 Å². The number of carbonyl (C=O) groups is 1. The van der Waals surface area contributed by atoms with Gasteiger partial charge in [-0.1, -0.05) is 6.92 Å². The van der Waals surface area contributed by atoms with Crippen LogP contribution in [0.15, 0.2) is 12.1 Å². The second-order valence-electron chi connectivity index (χ2n) is 4.58.